The fourth-order valence-corrected chi connectivity index (χ4v) is 4.25. The molecule has 34 heavy (non-hydrogen) atoms. The summed E-state index contributed by atoms with van der Waals surface area (Å²) < 4.78 is 10.8. The molecule has 0 amide bonds. The van der Waals surface area contributed by atoms with Crippen LogP contribution in [0.1, 0.15) is 11.3 Å². The first-order valence-corrected chi connectivity index (χ1v) is 11.7. The Balaban J connectivity index is 1.34. The molecule has 0 aliphatic carbocycles. The Labute approximate surface area is 201 Å². The predicted octanol–water partition coefficient (Wildman–Crippen LogP) is 5.48. The minimum absolute atomic E-state index is 0.839. The number of anilines is 2. The summed E-state index contributed by atoms with van der Waals surface area (Å²) in [5.41, 5.74) is 5.46. The first-order chi connectivity index (χ1) is 16.5. The van der Waals surface area contributed by atoms with E-state index in [9.17, 15) is 0 Å². The highest BCUT2D eigenvalue weighted by Gasteiger charge is 2.08. The van der Waals surface area contributed by atoms with Gasteiger partial charge in [-0.05, 0) is 74.3 Å². The molecule has 0 radical (unpaired) electrons. The maximum Gasteiger partial charge on any atom is 0.119 e. The van der Waals surface area contributed by atoms with Crippen molar-refractivity contribution < 1.29 is 9.47 Å². The van der Waals surface area contributed by atoms with E-state index < -0.39 is 0 Å². The molecule has 0 atom stereocenters. The van der Waals surface area contributed by atoms with Crippen molar-refractivity contribution in [2.75, 3.05) is 58.1 Å². The topological polar surface area (TPSA) is 58.7 Å². The van der Waals surface area contributed by atoms with Gasteiger partial charge in [0.15, 0.2) is 0 Å². The smallest absolute Gasteiger partial charge is 0.119 e. The van der Waals surface area contributed by atoms with Crippen LogP contribution in [0, 0.1) is 13.8 Å². The number of methoxy groups -OCH3 is 2. The number of rotatable bonds is 10. The lowest BCUT2D eigenvalue weighted by atomic mass is 10.0. The molecule has 0 spiro atoms. The first kappa shape index (κ1) is 23.6. The van der Waals surface area contributed by atoms with Gasteiger partial charge < -0.3 is 25.0 Å². The average molecular weight is 459 g/mol. The average Bonchev–Trinajstić information content (AvgIpc) is 2.83. The number of nitrogens with zero attached hydrogens (tertiary/aromatic N) is 2. The van der Waals surface area contributed by atoms with Gasteiger partial charge in [0.2, 0.25) is 0 Å². The lowest BCUT2D eigenvalue weighted by Gasteiger charge is -2.19. The second-order valence-corrected chi connectivity index (χ2v) is 8.75. The van der Waals surface area contributed by atoms with Crippen LogP contribution in [0.5, 0.6) is 11.5 Å². The number of fused-ring (bicyclic) bond motifs is 2. The SMILES string of the molecule is COc1ccc2cc(C)cc(NCCN(C)CCNc3cc(C)nc4ccc(OC)cc34)c2c1. The number of hydrogen-bond donors (Lipinski definition) is 2. The summed E-state index contributed by atoms with van der Waals surface area (Å²) in [4.78, 5) is 6.97. The molecule has 1 aromatic heterocycles. The van der Waals surface area contributed by atoms with Crippen molar-refractivity contribution in [1.29, 1.82) is 0 Å². The summed E-state index contributed by atoms with van der Waals surface area (Å²) >= 11 is 0. The van der Waals surface area contributed by atoms with Crippen molar-refractivity contribution in [3.8, 4) is 11.5 Å². The van der Waals surface area contributed by atoms with E-state index in [1.165, 1.54) is 16.3 Å². The van der Waals surface area contributed by atoms with E-state index >= 15 is 0 Å². The molecule has 0 fully saturated rings. The highest BCUT2D eigenvalue weighted by atomic mass is 16.5. The van der Waals surface area contributed by atoms with E-state index in [1.54, 1.807) is 14.2 Å². The maximum atomic E-state index is 5.42. The van der Waals surface area contributed by atoms with Gasteiger partial charge in [-0.3, -0.25) is 4.98 Å². The number of aromatic nitrogens is 1. The third-order valence-electron chi connectivity index (χ3n) is 6.07. The molecule has 6 heteroatoms. The minimum Gasteiger partial charge on any atom is -0.497 e. The Bertz CT molecular complexity index is 1190. The highest BCUT2D eigenvalue weighted by Crippen LogP contribution is 2.29. The van der Waals surface area contributed by atoms with Gasteiger partial charge in [0.25, 0.3) is 0 Å². The van der Waals surface area contributed by atoms with Gasteiger partial charge in [-0.2, -0.15) is 0 Å². The van der Waals surface area contributed by atoms with Crippen LogP contribution in [-0.2, 0) is 0 Å². The van der Waals surface area contributed by atoms with Crippen molar-refractivity contribution in [2.45, 2.75) is 13.8 Å². The van der Waals surface area contributed by atoms with Gasteiger partial charge in [0.1, 0.15) is 11.5 Å². The van der Waals surface area contributed by atoms with Crippen LogP contribution in [0.4, 0.5) is 11.4 Å². The largest absolute Gasteiger partial charge is 0.497 e. The highest BCUT2D eigenvalue weighted by molar-refractivity contribution is 5.95. The molecule has 0 aliphatic rings. The van der Waals surface area contributed by atoms with Crippen LogP contribution in [0.2, 0.25) is 0 Å². The number of nitrogens with one attached hydrogen (secondary N) is 2. The molecule has 0 unspecified atom stereocenters. The normalized spacial score (nSPS) is 11.2. The van der Waals surface area contributed by atoms with Crippen LogP contribution in [0.15, 0.2) is 54.6 Å². The standard InChI is InChI=1S/C28H34N4O2/c1-19-14-21-6-7-22(33-4)17-24(21)27(15-19)29-10-12-32(3)13-11-30-28-16-20(2)31-26-9-8-23(34-5)18-25(26)28/h6-9,14-18,29H,10-13H2,1-5H3,(H,30,31). The molecule has 178 valence electrons. The van der Waals surface area contributed by atoms with Gasteiger partial charge in [0, 0.05) is 54.0 Å². The molecule has 4 aromatic rings. The second-order valence-electron chi connectivity index (χ2n) is 8.75. The van der Waals surface area contributed by atoms with Crippen LogP contribution < -0.4 is 20.1 Å². The van der Waals surface area contributed by atoms with Crippen molar-refractivity contribution in [3.05, 3.63) is 65.9 Å². The first-order valence-electron chi connectivity index (χ1n) is 11.7. The molecule has 0 saturated heterocycles. The zero-order valence-corrected chi connectivity index (χ0v) is 20.7. The molecular formula is C28H34N4O2. The number of hydrogen-bond acceptors (Lipinski definition) is 6. The van der Waals surface area contributed by atoms with Gasteiger partial charge >= 0.3 is 0 Å². The van der Waals surface area contributed by atoms with Crippen LogP contribution in [0.25, 0.3) is 21.7 Å². The lowest BCUT2D eigenvalue weighted by molar-refractivity contribution is 0.361. The molecule has 4 rings (SSSR count). The number of benzene rings is 3. The van der Waals surface area contributed by atoms with Crippen molar-refractivity contribution in [3.63, 3.8) is 0 Å². The summed E-state index contributed by atoms with van der Waals surface area (Å²) in [6.45, 7) is 7.73. The van der Waals surface area contributed by atoms with Crippen LogP contribution in [-0.4, -0.2) is 57.3 Å². The zero-order valence-electron chi connectivity index (χ0n) is 20.7. The Morgan fingerprint density at radius 2 is 1.38 bits per heavy atom. The molecule has 6 nitrogen and oxygen atoms in total. The molecule has 2 N–H and O–H groups in total. The molecular weight excluding hydrogens is 424 g/mol. The molecule has 0 bridgehead atoms. The summed E-state index contributed by atoms with van der Waals surface area (Å²) in [5, 5.41) is 10.7. The number of pyridine rings is 1. The summed E-state index contributed by atoms with van der Waals surface area (Å²) in [5.74, 6) is 1.71. The fourth-order valence-electron chi connectivity index (χ4n) is 4.25. The lowest BCUT2D eigenvalue weighted by Crippen LogP contribution is -2.29. The van der Waals surface area contributed by atoms with Crippen molar-refractivity contribution in [2.24, 2.45) is 0 Å². The summed E-state index contributed by atoms with van der Waals surface area (Å²) in [6, 6.07) is 18.7. The van der Waals surface area contributed by atoms with Gasteiger partial charge in [-0.15, -0.1) is 0 Å². The molecule has 3 aromatic carbocycles. The van der Waals surface area contributed by atoms with E-state index in [-0.39, 0.29) is 0 Å². The van der Waals surface area contributed by atoms with Crippen LogP contribution in [0.3, 0.4) is 0 Å². The molecule has 1 heterocycles. The minimum atomic E-state index is 0.839. The summed E-state index contributed by atoms with van der Waals surface area (Å²) in [7, 11) is 5.55. The van der Waals surface area contributed by atoms with Crippen molar-refractivity contribution in [1.82, 2.24) is 9.88 Å². The summed E-state index contributed by atoms with van der Waals surface area (Å²) in [6.07, 6.45) is 0. The quantitative estimate of drug-likeness (QED) is 0.328. The van der Waals surface area contributed by atoms with E-state index in [0.717, 1.165) is 65.6 Å². The number of ether oxygens (including phenoxy) is 2. The third kappa shape index (κ3) is 5.51. The van der Waals surface area contributed by atoms with Gasteiger partial charge in [0.05, 0.1) is 19.7 Å². The Morgan fingerprint density at radius 3 is 2.06 bits per heavy atom. The second kappa shape index (κ2) is 10.6. The zero-order chi connectivity index (χ0) is 24.1. The van der Waals surface area contributed by atoms with E-state index in [2.05, 4.69) is 64.8 Å². The number of aryl methyl sites for hydroxylation is 2. The molecule has 0 aliphatic heterocycles. The van der Waals surface area contributed by atoms with Gasteiger partial charge in [-0.25, -0.2) is 0 Å². The Kier molecular flexibility index (Phi) is 7.38. The monoisotopic (exact) mass is 458 g/mol. The Hall–Kier alpha value is -3.51. The third-order valence-corrected chi connectivity index (χ3v) is 6.07. The van der Waals surface area contributed by atoms with E-state index in [1.807, 2.05) is 31.2 Å². The van der Waals surface area contributed by atoms with Crippen molar-refractivity contribution >= 4 is 33.1 Å². The Morgan fingerprint density at radius 1 is 0.765 bits per heavy atom. The number of likely N-dealkylation sites (N-methyl/N-ethyl adjacent to an activating group) is 1. The van der Waals surface area contributed by atoms with E-state index in [4.69, 9.17) is 9.47 Å². The fraction of sp³-hybridized carbons (Fsp3) is 0.321. The van der Waals surface area contributed by atoms with Crippen LogP contribution >= 0.6 is 0 Å². The van der Waals surface area contributed by atoms with E-state index in [0.29, 0.717) is 0 Å². The maximum absolute atomic E-state index is 5.42. The predicted molar refractivity (Wildman–Crippen MR) is 143 cm³/mol. The molecule has 0 saturated carbocycles. The van der Waals surface area contributed by atoms with Gasteiger partial charge in [-0.1, -0.05) is 12.1 Å².